The lowest BCUT2D eigenvalue weighted by molar-refractivity contribution is -0.145. The number of hydrogen-bond acceptors (Lipinski definition) is 8. The van der Waals surface area contributed by atoms with Crippen LogP contribution in [0.4, 0.5) is 0 Å². The van der Waals surface area contributed by atoms with Crippen LogP contribution in [0.5, 0.6) is 17.2 Å². The van der Waals surface area contributed by atoms with Crippen LogP contribution >= 0.6 is 0 Å². The molecule has 0 saturated carbocycles. The summed E-state index contributed by atoms with van der Waals surface area (Å²) in [6, 6.07) is 17.2. The third kappa shape index (κ3) is 6.01. The Bertz CT molecular complexity index is 1250. The van der Waals surface area contributed by atoms with Gasteiger partial charge in [0, 0.05) is 12.7 Å². The zero-order valence-electron chi connectivity index (χ0n) is 21.7. The minimum Gasteiger partial charge on any atom is -0.493 e. The van der Waals surface area contributed by atoms with Crippen LogP contribution in [-0.2, 0) is 14.3 Å². The van der Waals surface area contributed by atoms with Gasteiger partial charge in [0.25, 0.3) is 5.90 Å². The molecule has 0 radical (unpaired) electrons. The van der Waals surface area contributed by atoms with Gasteiger partial charge in [-0.05, 0) is 49.2 Å². The van der Waals surface area contributed by atoms with Crippen LogP contribution in [-0.4, -0.2) is 46.5 Å². The summed E-state index contributed by atoms with van der Waals surface area (Å²) in [5.41, 5.74) is 0.700. The van der Waals surface area contributed by atoms with Crippen LogP contribution in [0.2, 0.25) is 0 Å². The van der Waals surface area contributed by atoms with E-state index in [2.05, 4.69) is 10.2 Å². The Morgan fingerprint density at radius 3 is 2.11 bits per heavy atom. The van der Waals surface area contributed by atoms with E-state index < -0.39 is 17.5 Å². The van der Waals surface area contributed by atoms with Gasteiger partial charge >= 0.3 is 5.97 Å². The molecule has 0 aliphatic heterocycles. The normalized spacial score (nSPS) is 13.0. The zero-order chi connectivity index (χ0) is 26.3. The van der Waals surface area contributed by atoms with Gasteiger partial charge in [0.05, 0.1) is 33.0 Å². The fourth-order valence-corrected chi connectivity index (χ4v) is 3.54. The molecule has 0 aromatic heterocycles. The van der Waals surface area contributed by atoms with Crippen molar-refractivity contribution in [2.45, 2.75) is 26.9 Å². The minimum atomic E-state index is -0.764. The fraction of sp³-hybridized carbons (Fsp3) is 0.321. The highest BCUT2D eigenvalue weighted by Crippen LogP contribution is 2.37. The first-order valence-corrected chi connectivity index (χ1v) is 11.4. The highest BCUT2D eigenvalue weighted by atomic mass is 16.6. The molecule has 0 heterocycles. The molecule has 8 heteroatoms. The summed E-state index contributed by atoms with van der Waals surface area (Å²) in [5, 5.41) is 10.5. The molecule has 3 rings (SSSR count). The van der Waals surface area contributed by atoms with Gasteiger partial charge in [-0.1, -0.05) is 42.5 Å². The van der Waals surface area contributed by atoms with Crippen molar-refractivity contribution in [3.05, 3.63) is 65.7 Å². The highest BCUT2D eigenvalue weighted by molar-refractivity contribution is 5.97. The van der Waals surface area contributed by atoms with Crippen molar-refractivity contribution < 1.29 is 28.5 Å². The molecule has 0 fully saturated rings. The lowest BCUT2D eigenvalue weighted by Crippen LogP contribution is -2.29. The number of carbonyl (C=O) groups is 1. The number of nitrogens with zero attached hydrogens (tertiary/aromatic N) is 2. The molecular formula is C28H32N2O6. The van der Waals surface area contributed by atoms with Crippen LogP contribution in [0, 0.1) is 5.41 Å². The van der Waals surface area contributed by atoms with Crippen molar-refractivity contribution in [2.24, 2.45) is 15.6 Å². The maximum absolute atomic E-state index is 12.8. The lowest BCUT2D eigenvalue weighted by atomic mass is 9.97. The van der Waals surface area contributed by atoms with E-state index in [-0.39, 0.29) is 5.90 Å². The van der Waals surface area contributed by atoms with Gasteiger partial charge in [0.1, 0.15) is 0 Å². The number of carbonyl (C=O) groups excluding carboxylic acids is 1. The second-order valence-electron chi connectivity index (χ2n) is 8.97. The summed E-state index contributed by atoms with van der Waals surface area (Å²) in [6.45, 7) is 5.31. The first kappa shape index (κ1) is 26.7. The maximum Gasteiger partial charge on any atom is 0.317 e. The fourth-order valence-electron chi connectivity index (χ4n) is 3.54. The molecule has 0 spiro atoms. The lowest BCUT2D eigenvalue weighted by Gasteiger charge is -2.22. The summed E-state index contributed by atoms with van der Waals surface area (Å²) in [6.07, 6.45) is 0.741. The Morgan fingerprint density at radius 2 is 1.53 bits per heavy atom. The standard InChI is InChI=1S/C28H32N2O6/c1-28(2,3)27(31)36-26(24(34-6)21-14-10-12-19-11-8-9-13-20(19)21)30-29-17-18-15-22(32-4)25(35-7)23(16-18)33-5/h8-17,24H,1-7H3/b29-17+,30-26-. The van der Waals surface area contributed by atoms with E-state index in [1.165, 1.54) is 34.7 Å². The molecule has 0 aliphatic carbocycles. The van der Waals surface area contributed by atoms with Crippen LogP contribution in [0.15, 0.2) is 64.8 Å². The molecule has 3 aromatic carbocycles. The highest BCUT2D eigenvalue weighted by Gasteiger charge is 2.30. The summed E-state index contributed by atoms with van der Waals surface area (Å²) in [7, 11) is 6.14. The molecule has 8 nitrogen and oxygen atoms in total. The monoisotopic (exact) mass is 492 g/mol. The third-order valence-corrected chi connectivity index (χ3v) is 5.43. The Morgan fingerprint density at radius 1 is 0.889 bits per heavy atom. The average Bonchev–Trinajstić information content (AvgIpc) is 2.87. The predicted octanol–water partition coefficient (Wildman–Crippen LogP) is 5.58. The van der Waals surface area contributed by atoms with E-state index in [9.17, 15) is 4.79 Å². The molecule has 0 bridgehead atoms. The minimum absolute atomic E-state index is 0.0254. The van der Waals surface area contributed by atoms with Gasteiger partial charge in [-0.3, -0.25) is 4.79 Å². The van der Waals surface area contributed by atoms with Crippen LogP contribution < -0.4 is 14.2 Å². The van der Waals surface area contributed by atoms with Crippen molar-refractivity contribution in [3.63, 3.8) is 0 Å². The molecule has 1 atom stereocenters. The van der Waals surface area contributed by atoms with Gasteiger partial charge in [-0.25, -0.2) is 0 Å². The van der Waals surface area contributed by atoms with Crippen LogP contribution in [0.3, 0.4) is 0 Å². The summed E-state index contributed by atoms with van der Waals surface area (Å²) >= 11 is 0. The van der Waals surface area contributed by atoms with E-state index in [1.807, 2.05) is 42.5 Å². The number of esters is 1. The van der Waals surface area contributed by atoms with Gasteiger partial charge in [0.15, 0.2) is 17.6 Å². The van der Waals surface area contributed by atoms with E-state index in [0.29, 0.717) is 22.8 Å². The maximum atomic E-state index is 12.8. The summed E-state index contributed by atoms with van der Waals surface area (Å²) in [5.74, 6) is 0.999. The molecule has 0 amide bonds. The molecule has 0 saturated heterocycles. The second-order valence-corrected chi connectivity index (χ2v) is 8.97. The van der Waals surface area contributed by atoms with Crippen molar-refractivity contribution in [2.75, 3.05) is 28.4 Å². The molecule has 36 heavy (non-hydrogen) atoms. The number of methoxy groups -OCH3 is 4. The largest absolute Gasteiger partial charge is 0.493 e. The second kappa shape index (κ2) is 11.7. The van der Waals surface area contributed by atoms with E-state index in [1.54, 1.807) is 32.9 Å². The van der Waals surface area contributed by atoms with Gasteiger partial charge in [-0.15, -0.1) is 5.10 Å². The van der Waals surface area contributed by atoms with Gasteiger partial charge in [0.2, 0.25) is 5.75 Å². The number of ether oxygens (including phenoxy) is 5. The van der Waals surface area contributed by atoms with E-state index in [4.69, 9.17) is 23.7 Å². The molecular weight excluding hydrogens is 460 g/mol. The average molecular weight is 493 g/mol. The first-order chi connectivity index (χ1) is 17.2. The van der Waals surface area contributed by atoms with Gasteiger partial charge in [-0.2, -0.15) is 5.10 Å². The molecule has 1 unspecified atom stereocenters. The van der Waals surface area contributed by atoms with Crippen molar-refractivity contribution in [1.82, 2.24) is 0 Å². The molecule has 190 valence electrons. The molecule has 0 N–H and O–H groups in total. The summed E-state index contributed by atoms with van der Waals surface area (Å²) in [4.78, 5) is 12.8. The topological polar surface area (TPSA) is 87.9 Å². The molecule has 0 aliphatic rings. The summed E-state index contributed by atoms with van der Waals surface area (Å²) < 4.78 is 27.7. The first-order valence-electron chi connectivity index (χ1n) is 11.4. The Balaban J connectivity index is 2.06. The third-order valence-electron chi connectivity index (χ3n) is 5.43. The number of hydrogen-bond donors (Lipinski definition) is 0. The van der Waals surface area contributed by atoms with E-state index >= 15 is 0 Å². The number of rotatable bonds is 8. The van der Waals surface area contributed by atoms with Crippen molar-refractivity contribution in [3.8, 4) is 17.2 Å². The Hall–Kier alpha value is -3.91. The van der Waals surface area contributed by atoms with Crippen molar-refractivity contribution in [1.29, 1.82) is 0 Å². The smallest absolute Gasteiger partial charge is 0.317 e. The van der Waals surface area contributed by atoms with Crippen molar-refractivity contribution >= 4 is 28.9 Å². The Labute approximate surface area is 211 Å². The van der Waals surface area contributed by atoms with Crippen LogP contribution in [0.25, 0.3) is 10.8 Å². The molecule has 3 aromatic rings. The SMILES string of the molecule is COc1cc(/C=N/N=C(\OC(=O)C(C)(C)C)C(OC)c2cccc3ccccc23)cc(OC)c1OC. The number of fused-ring (bicyclic) bond motifs is 1. The quantitative estimate of drug-likeness (QED) is 0.177. The predicted molar refractivity (Wildman–Crippen MR) is 140 cm³/mol. The zero-order valence-corrected chi connectivity index (χ0v) is 21.7. The van der Waals surface area contributed by atoms with Crippen LogP contribution in [0.1, 0.15) is 38.0 Å². The van der Waals surface area contributed by atoms with E-state index in [0.717, 1.165) is 16.3 Å². The Kier molecular flexibility index (Phi) is 8.66. The number of benzene rings is 3. The van der Waals surface area contributed by atoms with Gasteiger partial charge < -0.3 is 23.7 Å².